The maximum Gasteiger partial charge on any atom is 0.341 e. The van der Waals surface area contributed by atoms with Crippen molar-refractivity contribution in [3.05, 3.63) is 86.0 Å². The van der Waals surface area contributed by atoms with E-state index in [2.05, 4.69) is 5.32 Å². The molecule has 0 fully saturated rings. The van der Waals surface area contributed by atoms with Gasteiger partial charge in [0.15, 0.2) is 0 Å². The second-order valence-electron chi connectivity index (χ2n) is 6.90. The zero-order valence-electron chi connectivity index (χ0n) is 16.2. The first kappa shape index (κ1) is 21.5. The maximum absolute atomic E-state index is 14.2. The second kappa shape index (κ2) is 9.09. The fourth-order valence-corrected chi connectivity index (χ4v) is 3.42. The molecule has 1 aromatic carbocycles. The molecule has 3 rings (SSSR count). The van der Waals surface area contributed by atoms with Gasteiger partial charge in [0, 0.05) is 25.6 Å². The Balaban J connectivity index is 2.05. The highest BCUT2D eigenvalue weighted by atomic mass is 35.5. The van der Waals surface area contributed by atoms with Crippen molar-refractivity contribution in [2.45, 2.75) is 32.7 Å². The van der Waals surface area contributed by atoms with Gasteiger partial charge in [0.1, 0.15) is 11.4 Å². The molecule has 0 aliphatic carbocycles. The molecule has 2 N–H and O–H groups in total. The largest absolute Gasteiger partial charge is 0.477 e. The van der Waals surface area contributed by atoms with Gasteiger partial charge in [-0.2, -0.15) is 0 Å². The van der Waals surface area contributed by atoms with Gasteiger partial charge >= 0.3 is 5.97 Å². The van der Waals surface area contributed by atoms with Crippen LogP contribution in [0.15, 0.2) is 47.4 Å². The Morgan fingerprint density at radius 3 is 2.67 bits per heavy atom. The zero-order valence-corrected chi connectivity index (χ0v) is 17.0. The van der Waals surface area contributed by atoms with Gasteiger partial charge in [-0.3, -0.25) is 14.0 Å². The monoisotopic (exact) mass is 430 g/mol. The molecule has 0 saturated heterocycles. The summed E-state index contributed by atoms with van der Waals surface area (Å²) >= 11 is 5.83. The molecule has 2 aromatic heterocycles. The second-order valence-corrected chi connectivity index (χ2v) is 7.31. The van der Waals surface area contributed by atoms with Crippen LogP contribution in [0.3, 0.4) is 0 Å². The van der Waals surface area contributed by atoms with Gasteiger partial charge in [-0.1, -0.05) is 36.7 Å². The van der Waals surface area contributed by atoms with E-state index >= 15 is 0 Å². The first-order valence-electron chi connectivity index (χ1n) is 9.41. The number of carboxylic acids is 1. The molecule has 6 nitrogen and oxygen atoms in total. The number of fused-ring (bicyclic) bond motifs is 1. The summed E-state index contributed by atoms with van der Waals surface area (Å²) in [6.07, 6.45) is 2.70. The molecule has 2 heterocycles. The van der Waals surface area contributed by atoms with Crippen LogP contribution in [-0.4, -0.2) is 21.4 Å². The molecule has 0 aliphatic heterocycles. The number of benzene rings is 1. The van der Waals surface area contributed by atoms with E-state index in [1.54, 1.807) is 24.3 Å². The number of aromatic carboxylic acids is 1. The lowest BCUT2D eigenvalue weighted by Crippen LogP contribution is -2.27. The van der Waals surface area contributed by atoms with Crippen LogP contribution in [0.1, 0.15) is 46.8 Å². The number of amides is 1. The van der Waals surface area contributed by atoms with E-state index in [1.165, 1.54) is 22.7 Å². The summed E-state index contributed by atoms with van der Waals surface area (Å²) in [5.41, 5.74) is 0.826. The molecule has 0 atom stereocenters. The highest BCUT2D eigenvalue weighted by molar-refractivity contribution is 6.30. The average molecular weight is 431 g/mol. The van der Waals surface area contributed by atoms with E-state index < -0.39 is 22.9 Å². The third-order valence-corrected chi connectivity index (χ3v) is 5.01. The molecule has 0 saturated carbocycles. The van der Waals surface area contributed by atoms with Gasteiger partial charge in [-0.05, 0) is 41.3 Å². The van der Waals surface area contributed by atoms with Crippen LogP contribution in [-0.2, 0) is 17.8 Å². The van der Waals surface area contributed by atoms with Crippen LogP contribution in [0.4, 0.5) is 4.39 Å². The first-order valence-corrected chi connectivity index (χ1v) is 9.79. The van der Waals surface area contributed by atoms with Crippen molar-refractivity contribution >= 4 is 29.0 Å². The zero-order chi connectivity index (χ0) is 21.8. The summed E-state index contributed by atoms with van der Waals surface area (Å²) in [7, 11) is 0. The number of carbonyl (C=O) groups is 2. The Bertz CT molecular complexity index is 1190. The number of hydrogen-bond acceptors (Lipinski definition) is 3. The molecule has 0 spiro atoms. The number of nitrogens with one attached hydrogen (secondary N) is 1. The molecule has 3 aromatic rings. The van der Waals surface area contributed by atoms with E-state index in [0.29, 0.717) is 35.0 Å². The minimum atomic E-state index is -1.36. The van der Waals surface area contributed by atoms with E-state index in [1.807, 2.05) is 6.92 Å². The Morgan fingerprint density at radius 2 is 1.97 bits per heavy atom. The van der Waals surface area contributed by atoms with Gasteiger partial charge < -0.3 is 10.4 Å². The molecule has 0 aliphatic rings. The third kappa shape index (κ3) is 4.52. The highest BCUT2D eigenvalue weighted by Crippen LogP contribution is 2.21. The lowest BCUT2D eigenvalue weighted by molar-refractivity contribution is -0.121. The molecular weight excluding hydrogens is 411 g/mol. The van der Waals surface area contributed by atoms with E-state index in [0.717, 1.165) is 0 Å². The number of aromatic nitrogens is 1. The van der Waals surface area contributed by atoms with E-state index in [-0.39, 0.29) is 23.9 Å². The van der Waals surface area contributed by atoms with Crippen molar-refractivity contribution in [3.8, 4) is 0 Å². The fraction of sp³-hybridized carbons (Fsp3) is 0.227. The number of carboxylic acid groups (broad SMARTS) is 1. The van der Waals surface area contributed by atoms with E-state index in [9.17, 15) is 23.9 Å². The normalized spacial score (nSPS) is 10.9. The van der Waals surface area contributed by atoms with Gasteiger partial charge in [-0.25, -0.2) is 9.18 Å². The van der Waals surface area contributed by atoms with Crippen LogP contribution >= 0.6 is 11.6 Å². The van der Waals surface area contributed by atoms with Gasteiger partial charge in [0.2, 0.25) is 5.91 Å². The summed E-state index contributed by atoms with van der Waals surface area (Å²) in [4.78, 5) is 36.1. The molecular formula is C22H20ClFN2O4. The lowest BCUT2D eigenvalue weighted by atomic mass is 10.0. The lowest BCUT2D eigenvalue weighted by Gasteiger charge is -2.13. The van der Waals surface area contributed by atoms with Crippen molar-refractivity contribution in [2.75, 3.05) is 0 Å². The Hall–Kier alpha value is -3.19. The summed E-state index contributed by atoms with van der Waals surface area (Å²) in [6, 6.07) is 9.34. The highest BCUT2D eigenvalue weighted by Gasteiger charge is 2.16. The topological polar surface area (TPSA) is 87.9 Å². The van der Waals surface area contributed by atoms with Gasteiger partial charge in [0.05, 0.1) is 10.5 Å². The molecule has 156 valence electrons. The van der Waals surface area contributed by atoms with Crippen LogP contribution < -0.4 is 10.9 Å². The van der Waals surface area contributed by atoms with Crippen molar-refractivity contribution in [2.24, 2.45) is 0 Å². The Labute approximate surface area is 176 Å². The molecule has 1 amide bonds. The number of pyridine rings is 2. The van der Waals surface area contributed by atoms with Crippen LogP contribution in [0.5, 0.6) is 0 Å². The number of carbonyl (C=O) groups excluding carboxylic acids is 1. The Morgan fingerprint density at radius 1 is 1.20 bits per heavy atom. The number of nitrogens with zero attached hydrogens (tertiary/aromatic N) is 1. The number of halogens is 2. The standard InChI is InChI=1S/C22H20ClFN2O4/c1-2-4-19(27)25-11-15-10-16(22(29)30)21(28)26-12-13(7-8-18(15)26)9-14-5-3-6-17(23)20(14)24/h3,5-8,10,12H,2,4,9,11H2,1H3,(H,25,27)(H,29,30). The third-order valence-electron chi connectivity index (χ3n) is 4.72. The molecule has 30 heavy (non-hydrogen) atoms. The molecule has 0 radical (unpaired) electrons. The minimum Gasteiger partial charge on any atom is -0.477 e. The van der Waals surface area contributed by atoms with Crippen LogP contribution in [0.25, 0.3) is 5.52 Å². The summed E-state index contributed by atoms with van der Waals surface area (Å²) < 4.78 is 15.5. The Kier molecular flexibility index (Phi) is 6.52. The fourth-order valence-electron chi connectivity index (χ4n) is 3.23. The van der Waals surface area contributed by atoms with Crippen molar-refractivity contribution in [1.29, 1.82) is 0 Å². The van der Waals surface area contributed by atoms with Gasteiger partial charge in [-0.15, -0.1) is 0 Å². The summed E-state index contributed by atoms with van der Waals surface area (Å²) in [5.74, 6) is -2.06. The minimum absolute atomic E-state index is 0.00345. The first-order chi connectivity index (χ1) is 14.3. The SMILES string of the molecule is CCCC(=O)NCc1cc(C(=O)O)c(=O)n2cc(Cc3cccc(Cl)c3F)ccc12. The molecule has 0 unspecified atom stereocenters. The van der Waals surface area contributed by atoms with Crippen molar-refractivity contribution in [1.82, 2.24) is 9.72 Å². The number of hydrogen-bond donors (Lipinski definition) is 2. The molecule has 0 bridgehead atoms. The van der Waals surface area contributed by atoms with Crippen molar-refractivity contribution < 1.29 is 19.1 Å². The van der Waals surface area contributed by atoms with Crippen LogP contribution in [0.2, 0.25) is 5.02 Å². The van der Waals surface area contributed by atoms with Gasteiger partial charge in [0.25, 0.3) is 5.56 Å². The average Bonchev–Trinajstić information content (AvgIpc) is 2.71. The summed E-state index contributed by atoms with van der Waals surface area (Å²) in [5, 5.41) is 12.2. The smallest absolute Gasteiger partial charge is 0.341 e. The van der Waals surface area contributed by atoms with E-state index in [4.69, 9.17) is 11.6 Å². The maximum atomic E-state index is 14.2. The number of rotatable bonds is 7. The quantitative estimate of drug-likeness (QED) is 0.596. The van der Waals surface area contributed by atoms with Crippen molar-refractivity contribution in [3.63, 3.8) is 0 Å². The summed E-state index contributed by atoms with van der Waals surface area (Å²) in [6.45, 7) is 1.97. The van der Waals surface area contributed by atoms with Crippen LogP contribution in [0, 0.1) is 5.82 Å². The predicted molar refractivity (Wildman–Crippen MR) is 112 cm³/mol. The molecule has 8 heteroatoms. The predicted octanol–water partition coefficient (Wildman–Crippen LogP) is 3.80.